The fraction of sp³-hybridized carbons (Fsp3) is 0.500. The predicted octanol–water partition coefficient (Wildman–Crippen LogP) is 7.77. The number of aliphatic carboxylic acids is 1. The molecule has 0 amide bonds. The number of nitrogens with zero attached hydrogens (tertiary/aromatic N) is 3. The molecular weight excluding hydrogens is 560 g/mol. The normalized spacial score (nSPS) is 17.8. The van der Waals surface area contributed by atoms with Crippen LogP contribution in [0.3, 0.4) is 0 Å². The molecule has 1 saturated heterocycles. The van der Waals surface area contributed by atoms with Gasteiger partial charge < -0.3 is 14.7 Å². The van der Waals surface area contributed by atoms with Gasteiger partial charge in [-0.15, -0.1) is 0 Å². The lowest BCUT2D eigenvalue weighted by Gasteiger charge is -2.41. The van der Waals surface area contributed by atoms with E-state index in [1.54, 1.807) is 0 Å². The number of aromatic nitrogens is 1. The maximum atomic E-state index is 13.8. The van der Waals surface area contributed by atoms with Crippen molar-refractivity contribution in [2.75, 3.05) is 24.5 Å². The number of hydrogen-bond donors (Lipinski definition) is 1. The zero-order chi connectivity index (χ0) is 32.0. The lowest BCUT2D eigenvalue weighted by atomic mass is 9.81. The maximum Gasteiger partial charge on any atom is 0.337 e. The van der Waals surface area contributed by atoms with Gasteiger partial charge in [-0.1, -0.05) is 32.0 Å². The minimum atomic E-state index is -1.16. The molecule has 2 aliphatic heterocycles. The third-order valence-corrected chi connectivity index (χ3v) is 8.88. The molecule has 2 aliphatic rings. The van der Waals surface area contributed by atoms with Crippen molar-refractivity contribution in [1.29, 1.82) is 0 Å². The lowest BCUT2D eigenvalue weighted by molar-refractivity contribution is -0.160. The van der Waals surface area contributed by atoms with Crippen LogP contribution in [0.15, 0.2) is 36.4 Å². The molecular formula is C36H45F2N3O3. The van der Waals surface area contributed by atoms with Gasteiger partial charge in [-0.05, 0) is 93.7 Å². The molecule has 0 aliphatic carbocycles. The summed E-state index contributed by atoms with van der Waals surface area (Å²) in [5, 5.41) is 10.5. The second-order valence-electron chi connectivity index (χ2n) is 14.2. The van der Waals surface area contributed by atoms with Crippen LogP contribution in [0.4, 0.5) is 14.5 Å². The molecule has 1 atom stereocenters. The molecule has 1 aromatic heterocycles. The van der Waals surface area contributed by atoms with Crippen LogP contribution >= 0.6 is 0 Å². The van der Waals surface area contributed by atoms with Crippen molar-refractivity contribution in [3.63, 3.8) is 0 Å². The Hall–Kier alpha value is -3.36. The van der Waals surface area contributed by atoms with Gasteiger partial charge in [-0.3, -0.25) is 9.88 Å². The molecule has 3 aromatic rings. The number of pyridine rings is 1. The van der Waals surface area contributed by atoms with E-state index in [2.05, 4.69) is 41.8 Å². The zero-order valence-corrected chi connectivity index (χ0v) is 27.1. The number of piperidine rings is 1. The smallest absolute Gasteiger partial charge is 0.337 e. The summed E-state index contributed by atoms with van der Waals surface area (Å²) in [5.74, 6) is -2.15. The fourth-order valence-electron chi connectivity index (χ4n) is 6.62. The predicted molar refractivity (Wildman–Crippen MR) is 170 cm³/mol. The first-order chi connectivity index (χ1) is 20.6. The monoisotopic (exact) mass is 605 g/mol. The molecule has 0 saturated carbocycles. The van der Waals surface area contributed by atoms with E-state index in [1.165, 1.54) is 23.3 Å². The molecule has 0 bridgehead atoms. The number of carboxylic acid groups (broad SMARTS) is 1. The maximum absolute atomic E-state index is 13.8. The minimum Gasteiger partial charge on any atom is -0.479 e. The minimum absolute atomic E-state index is 0.219. The van der Waals surface area contributed by atoms with Crippen molar-refractivity contribution in [1.82, 2.24) is 9.88 Å². The molecule has 1 fully saturated rings. The van der Waals surface area contributed by atoms with E-state index < -0.39 is 29.3 Å². The van der Waals surface area contributed by atoms with E-state index in [-0.39, 0.29) is 5.41 Å². The summed E-state index contributed by atoms with van der Waals surface area (Å²) in [6.45, 7) is 17.6. The van der Waals surface area contributed by atoms with Crippen molar-refractivity contribution in [3.05, 3.63) is 81.7 Å². The number of hydrogen-bond acceptors (Lipinski definition) is 5. The molecule has 236 valence electrons. The summed E-state index contributed by atoms with van der Waals surface area (Å²) in [4.78, 5) is 22.2. The quantitative estimate of drug-likeness (QED) is 0.297. The van der Waals surface area contributed by atoms with E-state index in [4.69, 9.17) is 9.72 Å². The van der Waals surface area contributed by atoms with Crippen LogP contribution < -0.4 is 4.90 Å². The van der Waals surface area contributed by atoms with Crippen LogP contribution in [0.25, 0.3) is 11.1 Å². The Morgan fingerprint density at radius 1 is 1.00 bits per heavy atom. The number of carboxylic acids is 1. The second kappa shape index (κ2) is 12.2. The summed E-state index contributed by atoms with van der Waals surface area (Å²) in [5.41, 5.74) is 7.59. The summed E-state index contributed by atoms with van der Waals surface area (Å²) < 4.78 is 33.8. The summed E-state index contributed by atoms with van der Waals surface area (Å²) in [7, 11) is 0. The van der Waals surface area contributed by atoms with Crippen molar-refractivity contribution in [2.24, 2.45) is 5.41 Å². The fourth-order valence-corrected chi connectivity index (χ4v) is 6.62. The van der Waals surface area contributed by atoms with Crippen LogP contribution in [-0.2, 0) is 29.0 Å². The van der Waals surface area contributed by atoms with Gasteiger partial charge in [0.2, 0.25) is 0 Å². The Bertz CT molecular complexity index is 1530. The van der Waals surface area contributed by atoms with Gasteiger partial charge in [-0.25, -0.2) is 13.6 Å². The van der Waals surface area contributed by atoms with Gasteiger partial charge in [0.1, 0.15) is 11.6 Å². The lowest BCUT2D eigenvalue weighted by Crippen LogP contribution is -2.39. The first kappa shape index (κ1) is 32.0. The zero-order valence-electron chi connectivity index (χ0n) is 27.1. The van der Waals surface area contributed by atoms with E-state index >= 15 is 0 Å². The number of aryl methyl sites for hydroxylation is 2. The van der Waals surface area contributed by atoms with E-state index in [9.17, 15) is 18.7 Å². The van der Waals surface area contributed by atoms with Gasteiger partial charge in [0.25, 0.3) is 0 Å². The van der Waals surface area contributed by atoms with Crippen LogP contribution in [0.1, 0.15) is 87.2 Å². The van der Waals surface area contributed by atoms with Crippen molar-refractivity contribution >= 4 is 11.7 Å². The molecule has 2 aromatic carbocycles. The number of benzene rings is 2. The number of ether oxygens (including phenoxy) is 1. The van der Waals surface area contributed by atoms with Gasteiger partial charge in [0.05, 0.1) is 11.3 Å². The Balaban J connectivity index is 1.56. The van der Waals surface area contributed by atoms with Crippen molar-refractivity contribution < 1.29 is 23.4 Å². The van der Waals surface area contributed by atoms with Crippen LogP contribution in [0, 0.1) is 30.9 Å². The molecule has 44 heavy (non-hydrogen) atoms. The number of fused-ring (bicyclic) bond motifs is 1. The Morgan fingerprint density at radius 2 is 1.66 bits per heavy atom. The molecule has 3 heterocycles. The average Bonchev–Trinajstić information content (AvgIpc) is 2.90. The average molecular weight is 606 g/mol. The molecule has 5 rings (SSSR count). The van der Waals surface area contributed by atoms with E-state index in [1.807, 2.05) is 34.6 Å². The highest BCUT2D eigenvalue weighted by molar-refractivity contribution is 5.88. The van der Waals surface area contributed by atoms with E-state index in [0.717, 1.165) is 67.5 Å². The molecule has 8 heteroatoms. The number of anilines is 1. The first-order valence-electron chi connectivity index (χ1n) is 15.6. The highest BCUT2D eigenvalue weighted by atomic mass is 19.1. The van der Waals surface area contributed by atoms with Gasteiger partial charge in [-0.2, -0.15) is 0 Å². The Kier molecular flexibility index (Phi) is 8.89. The molecule has 0 radical (unpaired) electrons. The summed E-state index contributed by atoms with van der Waals surface area (Å²) in [6.07, 6.45) is 1.63. The Labute approximate surface area is 260 Å². The topological polar surface area (TPSA) is 65.9 Å². The van der Waals surface area contributed by atoms with Crippen molar-refractivity contribution in [2.45, 2.75) is 92.5 Å². The van der Waals surface area contributed by atoms with Gasteiger partial charge in [0.15, 0.2) is 6.10 Å². The first-order valence-corrected chi connectivity index (χ1v) is 15.6. The van der Waals surface area contributed by atoms with Crippen LogP contribution in [-0.4, -0.2) is 46.2 Å². The summed E-state index contributed by atoms with van der Waals surface area (Å²) in [6, 6.07) is 10.1. The number of halogens is 2. The van der Waals surface area contributed by atoms with E-state index in [0.29, 0.717) is 29.9 Å². The third kappa shape index (κ3) is 7.13. The molecule has 0 spiro atoms. The van der Waals surface area contributed by atoms with Gasteiger partial charge >= 0.3 is 5.97 Å². The number of rotatable bonds is 7. The Morgan fingerprint density at radius 3 is 2.27 bits per heavy atom. The highest BCUT2D eigenvalue weighted by Crippen LogP contribution is 2.45. The summed E-state index contributed by atoms with van der Waals surface area (Å²) >= 11 is 0. The SMILES string of the molecule is Cc1nc(C)c([C@H](OC(C)(C)C)C(=O)O)c(N2CCC(C)(C)CC2)c1-c1ccc2c(c1)CCN(Cc1cc(F)cc(F)c1)C2. The van der Waals surface area contributed by atoms with Crippen molar-refractivity contribution in [3.8, 4) is 11.1 Å². The largest absolute Gasteiger partial charge is 0.479 e. The molecule has 1 N–H and O–H groups in total. The third-order valence-electron chi connectivity index (χ3n) is 8.88. The van der Waals surface area contributed by atoms with Crippen LogP contribution in [0.2, 0.25) is 0 Å². The standard InChI is InChI=1S/C36H45F2N3O3/c1-22-30(26-8-9-27-21-40(13-10-25(27)18-26)20-24-16-28(37)19-29(38)17-24)32(41-14-11-36(6,7)12-15-41)31(23(2)39-22)33(34(42)43)44-35(3,4)5/h8-9,16-19,33H,10-15,20-21H2,1-7H3,(H,42,43)/t33-/m0/s1. The second-order valence-corrected chi connectivity index (χ2v) is 14.2. The van der Waals surface area contributed by atoms with Gasteiger partial charge in [0, 0.05) is 61.3 Å². The highest BCUT2D eigenvalue weighted by Gasteiger charge is 2.36. The molecule has 0 unspecified atom stereocenters. The number of carbonyl (C=O) groups is 1. The van der Waals surface area contributed by atoms with Crippen LogP contribution in [0.5, 0.6) is 0 Å². The molecule has 6 nitrogen and oxygen atoms in total.